The van der Waals surface area contributed by atoms with E-state index in [1.165, 1.54) is 31.2 Å². The number of nitro groups is 1. The molecule has 1 atom stereocenters. The Morgan fingerprint density at radius 3 is 2.65 bits per heavy atom. The lowest BCUT2D eigenvalue weighted by Crippen LogP contribution is -2.45. The van der Waals surface area contributed by atoms with Gasteiger partial charge in [0.15, 0.2) is 0 Å². The van der Waals surface area contributed by atoms with Crippen molar-refractivity contribution in [3.8, 4) is 0 Å². The lowest BCUT2D eigenvalue weighted by atomic mass is 9.91. The van der Waals surface area contributed by atoms with Crippen LogP contribution in [0, 0.1) is 10.1 Å². The van der Waals surface area contributed by atoms with Crippen molar-refractivity contribution in [3.63, 3.8) is 0 Å². The highest BCUT2D eigenvalue weighted by Crippen LogP contribution is 2.30. The number of carbonyl (C=O) groups excluding carboxylic acids is 4. The average Bonchev–Trinajstić information content (AvgIpc) is 3.12. The molecule has 2 N–H and O–H groups in total. The van der Waals surface area contributed by atoms with Crippen molar-refractivity contribution >= 4 is 29.6 Å². The lowest BCUT2D eigenvalue weighted by molar-refractivity contribution is -0.385. The van der Waals surface area contributed by atoms with Gasteiger partial charge in [0.1, 0.15) is 12.1 Å². The van der Waals surface area contributed by atoms with Crippen LogP contribution in [0.5, 0.6) is 0 Å². The largest absolute Gasteiger partial charge is 0.336 e. The standard InChI is InChI=1S/C15H15N5O6/c1-15(9-3-2-4-10(7-9)20(25)26)12(22)19(14(24)17-15)8-11(21)18-6-5-16-13(18)23/h2-4,7H,5-6,8H2,1H3,(H,16,23)(H,17,24). The highest BCUT2D eigenvalue weighted by atomic mass is 16.6. The van der Waals surface area contributed by atoms with Crippen LogP contribution in [0.25, 0.3) is 0 Å². The normalized spacial score (nSPS) is 22.4. The van der Waals surface area contributed by atoms with E-state index in [-0.39, 0.29) is 17.8 Å². The fraction of sp³-hybridized carbons (Fsp3) is 0.333. The number of carbonyl (C=O) groups is 4. The van der Waals surface area contributed by atoms with E-state index >= 15 is 0 Å². The van der Waals surface area contributed by atoms with Gasteiger partial charge in [-0.05, 0) is 12.5 Å². The van der Waals surface area contributed by atoms with Crippen molar-refractivity contribution in [3.05, 3.63) is 39.9 Å². The summed E-state index contributed by atoms with van der Waals surface area (Å²) < 4.78 is 0. The molecule has 0 spiro atoms. The van der Waals surface area contributed by atoms with Crippen LogP contribution in [0.15, 0.2) is 24.3 Å². The number of nitro benzene ring substituents is 1. The van der Waals surface area contributed by atoms with Crippen LogP contribution in [0.2, 0.25) is 0 Å². The van der Waals surface area contributed by atoms with Crippen molar-refractivity contribution in [2.24, 2.45) is 0 Å². The topological polar surface area (TPSA) is 142 Å². The quantitative estimate of drug-likeness (QED) is 0.436. The molecule has 6 amide bonds. The van der Waals surface area contributed by atoms with Crippen LogP contribution < -0.4 is 10.6 Å². The zero-order valence-electron chi connectivity index (χ0n) is 13.7. The second-order valence-electron chi connectivity index (χ2n) is 6.03. The van der Waals surface area contributed by atoms with Gasteiger partial charge in [0.25, 0.3) is 17.5 Å². The molecule has 1 unspecified atom stereocenters. The maximum absolute atomic E-state index is 12.8. The Labute approximate surface area is 147 Å². The number of nitrogens with zero attached hydrogens (tertiary/aromatic N) is 3. The fourth-order valence-electron chi connectivity index (χ4n) is 2.90. The fourth-order valence-corrected chi connectivity index (χ4v) is 2.90. The summed E-state index contributed by atoms with van der Waals surface area (Å²) in [5.74, 6) is -1.41. The molecule has 3 rings (SSSR count). The Balaban J connectivity index is 1.84. The molecule has 2 aliphatic rings. The number of hydrogen-bond donors (Lipinski definition) is 2. The SMILES string of the molecule is CC1(c2cccc([N+](=O)[O-])c2)NC(=O)N(CC(=O)N2CCNC2=O)C1=O. The van der Waals surface area contributed by atoms with Crippen molar-refractivity contribution < 1.29 is 24.1 Å². The molecule has 26 heavy (non-hydrogen) atoms. The molecule has 0 saturated carbocycles. The minimum absolute atomic E-state index is 0.156. The summed E-state index contributed by atoms with van der Waals surface area (Å²) in [4.78, 5) is 60.6. The van der Waals surface area contributed by atoms with Crippen LogP contribution in [0.1, 0.15) is 12.5 Å². The molecule has 0 bridgehead atoms. The zero-order chi connectivity index (χ0) is 19.1. The summed E-state index contributed by atoms with van der Waals surface area (Å²) in [6.45, 7) is 1.27. The van der Waals surface area contributed by atoms with E-state index in [2.05, 4.69) is 10.6 Å². The third kappa shape index (κ3) is 2.72. The predicted octanol–water partition coefficient (Wildman–Crippen LogP) is -0.0864. The molecule has 11 heteroatoms. The second-order valence-corrected chi connectivity index (χ2v) is 6.03. The summed E-state index contributed by atoms with van der Waals surface area (Å²) in [7, 11) is 0. The molecule has 2 fully saturated rings. The van der Waals surface area contributed by atoms with Crippen molar-refractivity contribution in [1.82, 2.24) is 20.4 Å². The Kier molecular flexibility index (Phi) is 4.06. The number of benzene rings is 1. The predicted molar refractivity (Wildman–Crippen MR) is 85.8 cm³/mol. The highest BCUT2D eigenvalue weighted by Gasteiger charge is 2.50. The van der Waals surface area contributed by atoms with Crippen LogP contribution in [0.4, 0.5) is 15.3 Å². The van der Waals surface area contributed by atoms with Crippen LogP contribution in [-0.4, -0.2) is 58.2 Å². The minimum Gasteiger partial charge on any atom is -0.336 e. The van der Waals surface area contributed by atoms with Gasteiger partial charge in [0.05, 0.1) is 4.92 Å². The minimum atomic E-state index is -1.54. The third-order valence-electron chi connectivity index (χ3n) is 4.36. The zero-order valence-corrected chi connectivity index (χ0v) is 13.7. The maximum Gasteiger partial charge on any atom is 0.325 e. The first-order valence-electron chi connectivity index (χ1n) is 7.71. The van der Waals surface area contributed by atoms with Gasteiger partial charge >= 0.3 is 12.1 Å². The summed E-state index contributed by atoms with van der Waals surface area (Å²) in [6.07, 6.45) is 0. The smallest absolute Gasteiger partial charge is 0.325 e. The number of hydrogen-bond acceptors (Lipinski definition) is 6. The number of imide groups is 2. The van der Waals surface area contributed by atoms with Gasteiger partial charge in [-0.3, -0.25) is 29.5 Å². The van der Waals surface area contributed by atoms with Crippen LogP contribution >= 0.6 is 0 Å². The van der Waals surface area contributed by atoms with Crippen molar-refractivity contribution in [1.29, 1.82) is 0 Å². The van der Waals surface area contributed by atoms with Gasteiger partial charge < -0.3 is 10.6 Å². The van der Waals surface area contributed by atoms with E-state index in [4.69, 9.17) is 0 Å². The molecule has 0 radical (unpaired) electrons. The number of non-ortho nitro benzene ring substituents is 1. The number of urea groups is 2. The molecule has 0 aliphatic carbocycles. The molecule has 11 nitrogen and oxygen atoms in total. The molecule has 0 aromatic heterocycles. The average molecular weight is 361 g/mol. The van der Waals surface area contributed by atoms with E-state index in [0.29, 0.717) is 11.4 Å². The van der Waals surface area contributed by atoms with Gasteiger partial charge in [-0.1, -0.05) is 12.1 Å². The van der Waals surface area contributed by atoms with Gasteiger partial charge in [-0.2, -0.15) is 0 Å². The molecule has 2 aliphatic heterocycles. The number of amides is 6. The molecule has 136 valence electrons. The Bertz CT molecular complexity index is 840. The second kappa shape index (κ2) is 6.10. The first-order valence-corrected chi connectivity index (χ1v) is 7.71. The number of rotatable bonds is 4. The van der Waals surface area contributed by atoms with E-state index in [9.17, 15) is 29.3 Å². The molecular formula is C15H15N5O6. The van der Waals surface area contributed by atoms with E-state index < -0.39 is 40.9 Å². The molecular weight excluding hydrogens is 346 g/mol. The summed E-state index contributed by atoms with van der Waals surface area (Å²) in [5, 5.41) is 15.9. The summed E-state index contributed by atoms with van der Waals surface area (Å²) in [5.41, 5.74) is -1.55. The van der Waals surface area contributed by atoms with E-state index in [1.807, 2.05) is 0 Å². The van der Waals surface area contributed by atoms with E-state index in [1.54, 1.807) is 0 Å². The molecule has 1 aromatic carbocycles. The number of nitrogens with one attached hydrogen (secondary N) is 2. The monoisotopic (exact) mass is 361 g/mol. The van der Waals surface area contributed by atoms with Gasteiger partial charge in [-0.25, -0.2) is 9.59 Å². The summed E-state index contributed by atoms with van der Waals surface area (Å²) in [6, 6.07) is 3.95. The van der Waals surface area contributed by atoms with Crippen LogP contribution in [-0.2, 0) is 15.1 Å². The molecule has 1 aromatic rings. The van der Waals surface area contributed by atoms with Crippen molar-refractivity contribution in [2.75, 3.05) is 19.6 Å². The third-order valence-corrected chi connectivity index (χ3v) is 4.36. The Morgan fingerprint density at radius 2 is 2.04 bits per heavy atom. The first kappa shape index (κ1) is 17.3. The first-order chi connectivity index (χ1) is 12.2. The maximum atomic E-state index is 12.8. The molecule has 2 saturated heterocycles. The highest BCUT2D eigenvalue weighted by molar-refractivity contribution is 6.10. The Hall–Kier alpha value is -3.50. The summed E-state index contributed by atoms with van der Waals surface area (Å²) >= 11 is 0. The molecule has 2 heterocycles. The van der Waals surface area contributed by atoms with Gasteiger partial charge in [-0.15, -0.1) is 0 Å². The van der Waals surface area contributed by atoms with Gasteiger partial charge in [0.2, 0.25) is 0 Å². The van der Waals surface area contributed by atoms with Crippen molar-refractivity contribution in [2.45, 2.75) is 12.5 Å². The van der Waals surface area contributed by atoms with Crippen LogP contribution in [0.3, 0.4) is 0 Å². The lowest BCUT2D eigenvalue weighted by Gasteiger charge is -2.22. The Morgan fingerprint density at radius 1 is 1.31 bits per heavy atom. The van der Waals surface area contributed by atoms with E-state index in [0.717, 1.165) is 4.90 Å². The van der Waals surface area contributed by atoms with Gasteiger partial charge in [0, 0.05) is 25.2 Å².